The van der Waals surface area contributed by atoms with E-state index in [1.165, 1.54) is 5.56 Å². The number of furan rings is 1. The first-order valence-electron chi connectivity index (χ1n) is 7.33. The van der Waals surface area contributed by atoms with Crippen molar-refractivity contribution in [2.45, 2.75) is 18.9 Å². The van der Waals surface area contributed by atoms with Crippen molar-refractivity contribution in [2.75, 3.05) is 32.8 Å². The van der Waals surface area contributed by atoms with Crippen molar-refractivity contribution in [2.24, 2.45) is 5.73 Å². The summed E-state index contributed by atoms with van der Waals surface area (Å²) in [6.45, 7) is 4.68. The van der Waals surface area contributed by atoms with E-state index in [4.69, 9.17) is 14.9 Å². The molecule has 4 nitrogen and oxygen atoms in total. The molecular formula is C16H22N2O2. The highest BCUT2D eigenvalue weighted by molar-refractivity contribution is 5.77. The molecule has 1 aromatic carbocycles. The average Bonchev–Trinajstić information content (AvgIpc) is 3.06. The lowest BCUT2D eigenvalue weighted by molar-refractivity contribution is 0.113. The van der Waals surface area contributed by atoms with Gasteiger partial charge in [0, 0.05) is 24.5 Å². The maximum absolute atomic E-state index is 5.88. The second-order valence-corrected chi connectivity index (χ2v) is 5.50. The van der Waals surface area contributed by atoms with E-state index in [0.29, 0.717) is 6.04 Å². The summed E-state index contributed by atoms with van der Waals surface area (Å²) >= 11 is 0. The molecule has 0 saturated carbocycles. The van der Waals surface area contributed by atoms with E-state index < -0.39 is 0 Å². The number of likely N-dealkylation sites (tertiary alicyclic amines) is 1. The third-order valence-electron chi connectivity index (χ3n) is 3.91. The summed E-state index contributed by atoms with van der Waals surface area (Å²) < 4.78 is 11.1. The Kier molecular flexibility index (Phi) is 4.35. The topological polar surface area (TPSA) is 51.6 Å². The van der Waals surface area contributed by atoms with Gasteiger partial charge in [-0.25, -0.2) is 0 Å². The first kappa shape index (κ1) is 13.6. The average molecular weight is 274 g/mol. The Labute approximate surface area is 119 Å². The Balaban J connectivity index is 1.37. The molecule has 1 unspecified atom stereocenters. The zero-order valence-corrected chi connectivity index (χ0v) is 11.8. The standard InChI is InChI=1S/C16H22N2O2/c17-15-3-6-18(12-15)7-10-19-8-4-13-1-2-16-14(11-13)5-9-20-16/h1-2,5,9,11,15H,3-4,6-8,10,12,17H2. The third kappa shape index (κ3) is 3.39. The highest BCUT2D eigenvalue weighted by atomic mass is 16.5. The first-order valence-corrected chi connectivity index (χ1v) is 7.33. The molecule has 1 saturated heterocycles. The Morgan fingerprint density at radius 3 is 3.10 bits per heavy atom. The van der Waals surface area contributed by atoms with Crippen molar-refractivity contribution < 1.29 is 9.15 Å². The molecular weight excluding hydrogens is 252 g/mol. The van der Waals surface area contributed by atoms with Gasteiger partial charge in [0.15, 0.2) is 0 Å². The van der Waals surface area contributed by atoms with Crippen molar-refractivity contribution in [3.05, 3.63) is 36.1 Å². The van der Waals surface area contributed by atoms with Gasteiger partial charge >= 0.3 is 0 Å². The van der Waals surface area contributed by atoms with Crippen LogP contribution in [0.2, 0.25) is 0 Å². The van der Waals surface area contributed by atoms with Crippen LogP contribution in [0.4, 0.5) is 0 Å². The monoisotopic (exact) mass is 274 g/mol. The summed E-state index contributed by atoms with van der Waals surface area (Å²) in [7, 11) is 0. The fourth-order valence-corrected chi connectivity index (χ4v) is 2.72. The van der Waals surface area contributed by atoms with E-state index in [0.717, 1.165) is 56.7 Å². The molecule has 4 heteroatoms. The predicted octanol–water partition coefficient (Wildman–Crippen LogP) is 2.02. The van der Waals surface area contributed by atoms with Crippen LogP contribution in [-0.4, -0.2) is 43.8 Å². The van der Waals surface area contributed by atoms with Crippen molar-refractivity contribution in [1.82, 2.24) is 4.90 Å². The molecule has 1 fully saturated rings. The van der Waals surface area contributed by atoms with Gasteiger partial charge in [-0.15, -0.1) is 0 Å². The van der Waals surface area contributed by atoms with E-state index in [1.807, 2.05) is 12.1 Å². The Bertz CT molecular complexity index is 552. The van der Waals surface area contributed by atoms with Gasteiger partial charge in [0.1, 0.15) is 5.58 Å². The third-order valence-corrected chi connectivity index (χ3v) is 3.91. The Hall–Kier alpha value is -1.36. The van der Waals surface area contributed by atoms with Crippen molar-refractivity contribution in [3.8, 4) is 0 Å². The van der Waals surface area contributed by atoms with Gasteiger partial charge in [0.2, 0.25) is 0 Å². The van der Waals surface area contributed by atoms with Gasteiger partial charge in [-0.1, -0.05) is 6.07 Å². The molecule has 1 aliphatic heterocycles. The molecule has 1 aliphatic rings. The van der Waals surface area contributed by atoms with Crippen LogP contribution in [0.5, 0.6) is 0 Å². The van der Waals surface area contributed by atoms with Crippen LogP contribution in [0.25, 0.3) is 11.0 Å². The first-order chi connectivity index (χ1) is 9.81. The summed E-state index contributed by atoms with van der Waals surface area (Å²) in [4.78, 5) is 2.38. The lowest BCUT2D eigenvalue weighted by Crippen LogP contribution is -2.29. The van der Waals surface area contributed by atoms with Crippen LogP contribution < -0.4 is 5.73 Å². The summed E-state index contributed by atoms with van der Waals surface area (Å²) in [5.41, 5.74) is 8.12. The number of nitrogens with zero attached hydrogens (tertiary/aromatic N) is 1. The quantitative estimate of drug-likeness (QED) is 0.819. The largest absolute Gasteiger partial charge is 0.464 e. The second kappa shape index (κ2) is 6.39. The minimum absolute atomic E-state index is 0.358. The molecule has 2 N–H and O–H groups in total. The number of hydrogen-bond acceptors (Lipinski definition) is 4. The molecule has 108 valence electrons. The SMILES string of the molecule is NC1CCN(CCOCCc2ccc3occc3c2)C1. The number of ether oxygens (including phenoxy) is 1. The smallest absolute Gasteiger partial charge is 0.133 e. The molecule has 0 bridgehead atoms. The molecule has 0 spiro atoms. The molecule has 2 heterocycles. The summed E-state index contributed by atoms with van der Waals surface area (Å²) in [6, 6.07) is 8.65. The van der Waals surface area contributed by atoms with Gasteiger partial charge in [-0.2, -0.15) is 0 Å². The molecule has 0 aliphatic carbocycles. The fraction of sp³-hybridized carbons (Fsp3) is 0.500. The predicted molar refractivity (Wildman–Crippen MR) is 79.8 cm³/mol. The summed E-state index contributed by atoms with van der Waals surface area (Å²) in [6.07, 6.45) is 3.79. The summed E-state index contributed by atoms with van der Waals surface area (Å²) in [5, 5.41) is 1.16. The van der Waals surface area contributed by atoms with Crippen LogP contribution in [-0.2, 0) is 11.2 Å². The van der Waals surface area contributed by atoms with E-state index in [2.05, 4.69) is 17.0 Å². The minimum Gasteiger partial charge on any atom is -0.464 e. The molecule has 2 aromatic rings. The molecule has 0 amide bonds. The number of rotatable bonds is 6. The van der Waals surface area contributed by atoms with Crippen molar-refractivity contribution in [1.29, 1.82) is 0 Å². The number of hydrogen-bond donors (Lipinski definition) is 1. The minimum atomic E-state index is 0.358. The number of nitrogens with two attached hydrogens (primary N) is 1. The van der Waals surface area contributed by atoms with Crippen LogP contribution in [0.1, 0.15) is 12.0 Å². The van der Waals surface area contributed by atoms with Crippen molar-refractivity contribution >= 4 is 11.0 Å². The van der Waals surface area contributed by atoms with E-state index in [-0.39, 0.29) is 0 Å². The maximum atomic E-state index is 5.88. The van der Waals surface area contributed by atoms with E-state index in [9.17, 15) is 0 Å². The normalized spacial score (nSPS) is 19.9. The maximum Gasteiger partial charge on any atom is 0.133 e. The van der Waals surface area contributed by atoms with Crippen LogP contribution in [0.15, 0.2) is 34.9 Å². The van der Waals surface area contributed by atoms with E-state index >= 15 is 0 Å². The molecule has 20 heavy (non-hydrogen) atoms. The lowest BCUT2D eigenvalue weighted by atomic mass is 10.1. The van der Waals surface area contributed by atoms with E-state index in [1.54, 1.807) is 6.26 Å². The molecule has 1 atom stereocenters. The van der Waals surface area contributed by atoms with Crippen LogP contribution in [0, 0.1) is 0 Å². The zero-order chi connectivity index (χ0) is 13.8. The fourth-order valence-electron chi connectivity index (χ4n) is 2.72. The molecule has 3 rings (SSSR count). The highest BCUT2D eigenvalue weighted by Gasteiger charge is 2.17. The zero-order valence-electron chi connectivity index (χ0n) is 11.8. The summed E-state index contributed by atoms with van der Waals surface area (Å²) in [5.74, 6) is 0. The molecule has 0 radical (unpaired) electrons. The number of benzene rings is 1. The van der Waals surface area contributed by atoms with Gasteiger partial charge in [-0.05, 0) is 43.1 Å². The van der Waals surface area contributed by atoms with Gasteiger partial charge in [0.05, 0.1) is 19.5 Å². The highest BCUT2D eigenvalue weighted by Crippen LogP contribution is 2.17. The van der Waals surface area contributed by atoms with Crippen LogP contribution >= 0.6 is 0 Å². The Morgan fingerprint density at radius 1 is 1.30 bits per heavy atom. The lowest BCUT2D eigenvalue weighted by Gasteiger charge is -2.14. The Morgan fingerprint density at radius 2 is 2.25 bits per heavy atom. The van der Waals surface area contributed by atoms with Crippen molar-refractivity contribution in [3.63, 3.8) is 0 Å². The van der Waals surface area contributed by atoms with Gasteiger partial charge in [-0.3, -0.25) is 4.90 Å². The molecule has 1 aromatic heterocycles. The number of fused-ring (bicyclic) bond motifs is 1. The second-order valence-electron chi connectivity index (χ2n) is 5.50. The van der Waals surface area contributed by atoms with Gasteiger partial charge < -0.3 is 14.9 Å². The van der Waals surface area contributed by atoms with Crippen LogP contribution in [0.3, 0.4) is 0 Å². The van der Waals surface area contributed by atoms with Gasteiger partial charge in [0.25, 0.3) is 0 Å².